The highest BCUT2D eigenvalue weighted by Gasteiger charge is 2.41. The zero-order chi connectivity index (χ0) is 25.6. The van der Waals surface area contributed by atoms with Gasteiger partial charge in [0.25, 0.3) is 0 Å². The average Bonchev–Trinajstić information content (AvgIpc) is 3.48. The Hall–Kier alpha value is -3.99. The maximum absolute atomic E-state index is 13.9. The van der Waals surface area contributed by atoms with Crippen LogP contribution in [0.4, 0.5) is 13.2 Å². The number of hydrogen-bond acceptors (Lipinski definition) is 5. The molecule has 8 nitrogen and oxygen atoms in total. The molecule has 1 unspecified atom stereocenters. The summed E-state index contributed by atoms with van der Waals surface area (Å²) in [5, 5.41) is 14.5. The van der Waals surface area contributed by atoms with Crippen LogP contribution in [-0.4, -0.2) is 46.8 Å². The fourth-order valence-electron chi connectivity index (χ4n) is 4.61. The molecule has 0 fully saturated rings. The summed E-state index contributed by atoms with van der Waals surface area (Å²) in [4.78, 5) is 22.7. The molecule has 0 saturated carbocycles. The van der Waals surface area contributed by atoms with Crippen LogP contribution in [0.1, 0.15) is 41.2 Å². The molecule has 1 aliphatic heterocycles. The van der Waals surface area contributed by atoms with Gasteiger partial charge < -0.3 is 14.6 Å². The minimum atomic E-state index is -4.60. The van der Waals surface area contributed by atoms with E-state index in [1.54, 1.807) is 33.8 Å². The summed E-state index contributed by atoms with van der Waals surface area (Å²) in [6.45, 7) is 3.45. The highest BCUT2D eigenvalue weighted by Crippen LogP contribution is 2.40. The first-order chi connectivity index (χ1) is 17.2. The molecule has 5 rings (SSSR count). The maximum atomic E-state index is 13.9. The van der Waals surface area contributed by atoms with Crippen LogP contribution in [0.15, 0.2) is 55.0 Å². The van der Waals surface area contributed by atoms with E-state index in [0.717, 1.165) is 17.4 Å². The highest BCUT2D eigenvalue weighted by atomic mass is 19.4. The molecule has 0 bridgehead atoms. The third kappa shape index (κ3) is 4.15. The molecule has 0 radical (unpaired) electrons. The van der Waals surface area contributed by atoms with Gasteiger partial charge in [0, 0.05) is 30.8 Å². The Kier molecular flexibility index (Phi) is 5.87. The number of fused-ring (bicyclic) bond motifs is 1. The number of aryl methyl sites for hydroxylation is 1. The molecular formula is C25H23F3N6O2. The monoisotopic (exact) mass is 496 g/mol. The standard InChI is InChI=1S/C25H23F3N6O2/c1-15-12-32(14-29-15)21-8-7-17(11-18(21)13-35)23-30-24-22(33(16(2)36)9-10-34(24)31-23)19-5-3-4-6-20(19)25(26,27)28/h3-8,11-12,14,22,35H,9-10,13H2,1-2H3. The summed E-state index contributed by atoms with van der Waals surface area (Å²) in [7, 11) is 0. The van der Waals surface area contributed by atoms with Crippen molar-refractivity contribution in [3.63, 3.8) is 0 Å². The van der Waals surface area contributed by atoms with Gasteiger partial charge in [0.1, 0.15) is 6.04 Å². The van der Waals surface area contributed by atoms with Crippen LogP contribution in [0.25, 0.3) is 17.1 Å². The summed E-state index contributed by atoms with van der Waals surface area (Å²) in [5.41, 5.74) is 1.90. The Morgan fingerprint density at radius 2 is 1.94 bits per heavy atom. The van der Waals surface area contributed by atoms with Crippen molar-refractivity contribution in [1.29, 1.82) is 0 Å². The number of benzene rings is 2. The van der Waals surface area contributed by atoms with E-state index >= 15 is 0 Å². The maximum Gasteiger partial charge on any atom is 0.416 e. The van der Waals surface area contributed by atoms with Gasteiger partial charge in [-0.05, 0) is 36.8 Å². The zero-order valence-electron chi connectivity index (χ0n) is 19.6. The topological polar surface area (TPSA) is 89.1 Å². The molecule has 0 spiro atoms. The Bertz CT molecular complexity index is 1440. The van der Waals surface area contributed by atoms with Gasteiger partial charge in [0.2, 0.25) is 5.91 Å². The van der Waals surface area contributed by atoms with Crippen LogP contribution < -0.4 is 0 Å². The molecule has 0 saturated heterocycles. The first kappa shape index (κ1) is 23.7. The molecule has 2 aromatic carbocycles. The first-order valence-electron chi connectivity index (χ1n) is 11.3. The second-order valence-corrected chi connectivity index (χ2v) is 8.64. The lowest BCUT2D eigenvalue weighted by Gasteiger charge is -2.35. The first-order valence-corrected chi connectivity index (χ1v) is 11.3. The number of aliphatic hydroxyl groups is 1. The van der Waals surface area contributed by atoms with Crippen LogP contribution in [0, 0.1) is 6.92 Å². The Labute approximate surface area is 204 Å². The molecule has 186 valence electrons. The third-order valence-electron chi connectivity index (χ3n) is 6.27. The predicted octanol–water partition coefficient (Wildman–Crippen LogP) is 3.90. The number of nitrogens with zero attached hydrogens (tertiary/aromatic N) is 6. The van der Waals surface area contributed by atoms with Crippen LogP contribution >= 0.6 is 0 Å². The Balaban J connectivity index is 1.61. The fourth-order valence-corrected chi connectivity index (χ4v) is 4.61. The molecule has 1 atom stereocenters. The van der Waals surface area contributed by atoms with Crippen molar-refractivity contribution in [1.82, 2.24) is 29.2 Å². The lowest BCUT2D eigenvalue weighted by atomic mass is 9.96. The lowest BCUT2D eigenvalue weighted by Crippen LogP contribution is -2.42. The number of amides is 1. The van der Waals surface area contributed by atoms with E-state index in [-0.39, 0.29) is 30.4 Å². The summed E-state index contributed by atoms with van der Waals surface area (Å²) in [6.07, 6.45) is -1.11. The molecule has 36 heavy (non-hydrogen) atoms. The molecule has 2 aromatic heterocycles. The summed E-state index contributed by atoms with van der Waals surface area (Å²) in [5.74, 6) is 0.200. The SMILES string of the molecule is CC(=O)N1CCn2nc(-c3ccc(-n4cnc(C)c4)c(CO)c3)nc2C1c1ccccc1C(F)(F)F. The molecule has 1 amide bonds. The second kappa shape index (κ2) is 8.90. The normalized spacial score (nSPS) is 15.7. The predicted molar refractivity (Wildman–Crippen MR) is 124 cm³/mol. The third-order valence-corrected chi connectivity index (χ3v) is 6.27. The number of aliphatic hydroxyl groups excluding tert-OH is 1. The number of halogens is 3. The van der Waals surface area contributed by atoms with Crippen molar-refractivity contribution in [3.05, 3.63) is 83.2 Å². The van der Waals surface area contributed by atoms with E-state index < -0.39 is 17.8 Å². The van der Waals surface area contributed by atoms with Gasteiger partial charge in [0.15, 0.2) is 11.6 Å². The fraction of sp³-hybridized carbons (Fsp3) is 0.280. The van der Waals surface area contributed by atoms with Crippen molar-refractivity contribution < 1.29 is 23.1 Å². The van der Waals surface area contributed by atoms with E-state index in [9.17, 15) is 23.1 Å². The van der Waals surface area contributed by atoms with Crippen LogP contribution in [-0.2, 0) is 24.1 Å². The van der Waals surface area contributed by atoms with Crippen LogP contribution in [0.3, 0.4) is 0 Å². The van der Waals surface area contributed by atoms with E-state index in [4.69, 9.17) is 0 Å². The van der Waals surface area contributed by atoms with Gasteiger partial charge in [-0.2, -0.15) is 18.3 Å². The minimum absolute atomic E-state index is 0.0537. The molecular weight excluding hydrogens is 473 g/mol. The Morgan fingerprint density at radius 3 is 2.61 bits per heavy atom. The quantitative estimate of drug-likeness (QED) is 0.463. The van der Waals surface area contributed by atoms with Gasteiger partial charge in [-0.15, -0.1) is 0 Å². The molecule has 11 heteroatoms. The Morgan fingerprint density at radius 1 is 1.17 bits per heavy atom. The van der Waals surface area contributed by atoms with Gasteiger partial charge in [-0.3, -0.25) is 4.79 Å². The smallest absolute Gasteiger partial charge is 0.392 e. The second-order valence-electron chi connectivity index (χ2n) is 8.64. The van der Waals surface area contributed by atoms with Gasteiger partial charge >= 0.3 is 6.18 Å². The van der Waals surface area contributed by atoms with Crippen LogP contribution in [0.5, 0.6) is 0 Å². The number of alkyl halides is 3. The van der Waals surface area contributed by atoms with E-state index in [1.807, 2.05) is 13.1 Å². The van der Waals surface area contributed by atoms with Crippen molar-refractivity contribution in [2.45, 2.75) is 39.2 Å². The average molecular weight is 496 g/mol. The molecule has 3 heterocycles. The van der Waals surface area contributed by atoms with Crippen molar-refractivity contribution in [3.8, 4) is 17.1 Å². The summed E-state index contributed by atoms with van der Waals surface area (Å²) < 4.78 is 44.9. The summed E-state index contributed by atoms with van der Waals surface area (Å²) in [6, 6.07) is 9.51. The number of carbonyl (C=O) groups excluding carboxylic acids is 1. The van der Waals surface area contributed by atoms with E-state index in [0.29, 0.717) is 23.5 Å². The lowest BCUT2D eigenvalue weighted by molar-refractivity contribution is -0.140. The number of aromatic nitrogens is 5. The summed E-state index contributed by atoms with van der Waals surface area (Å²) >= 11 is 0. The number of imidazole rings is 1. The zero-order valence-corrected chi connectivity index (χ0v) is 19.6. The number of carbonyl (C=O) groups is 1. The van der Waals surface area contributed by atoms with Crippen molar-refractivity contribution in [2.24, 2.45) is 0 Å². The van der Waals surface area contributed by atoms with Gasteiger partial charge in [-0.1, -0.05) is 18.2 Å². The van der Waals surface area contributed by atoms with Gasteiger partial charge in [0.05, 0.1) is 36.4 Å². The van der Waals surface area contributed by atoms with Crippen molar-refractivity contribution in [2.75, 3.05) is 6.54 Å². The largest absolute Gasteiger partial charge is 0.416 e. The van der Waals surface area contributed by atoms with E-state index in [2.05, 4.69) is 15.1 Å². The molecule has 0 aliphatic carbocycles. The number of rotatable bonds is 4. The molecule has 1 N–H and O–H groups in total. The van der Waals surface area contributed by atoms with Crippen LogP contribution in [0.2, 0.25) is 0 Å². The highest BCUT2D eigenvalue weighted by molar-refractivity contribution is 5.74. The number of hydrogen-bond donors (Lipinski definition) is 1. The molecule has 4 aromatic rings. The van der Waals surface area contributed by atoms with Gasteiger partial charge in [-0.25, -0.2) is 14.6 Å². The van der Waals surface area contributed by atoms with Crippen molar-refractivity contribution >= 4 is 5.91 Å². The van der Waals surface area contributed by atoms with E-state index in [1.165, 1.54) is 30.0 Å². The minimum Gasteiger partial charge on any atom is -0.392 e. The molecule has 1 aliphatic rings.